The lowest BCUT2D eigenvalue weighted by Crippen LogP contribution is -2.34. The predicted octanol–water partition coefficient (Wildman–Crippen LogP) is 3.33. The number of hydrogen-bond donors (Lipinski definition) is 1. The van der Waals surface area contributed by atoms with E-state index in [0.717, 1.165) is 16.5 Å². The first-order valence-electron chi connectivity index (χ1n) is 6.49. The van der Waals surface area contributed by atoms with Crippen LogP contribution < -0.4 is 0 Å². The molecule has 2 rings (SSSR count). The number of rotatable bonds is 3. The Morgan fingerprint density at radius 3 is 2.53 bits per heavy atom. The lowest BCUT2D eigenvalue weighted by molar-refractivity contribution is -0.0718. The number of hydrogen-bond acceptors (Lipinski definition) is 3. The SMILES string of the molecule is COC(C(O)c1cccc2ncccc12)C(C)(C)C. The van der Waals surface area contributed by atoms with Crippen LogP contribution in [0.4, 0.5) is 0 Å². The fourth-order valence-electron chi connectivity index (χ4n) is 2.50. The zero-order chi connectivity index (χ0) is 14.0. The Morgan fingerprint density at radius 2 is 1.89 bits per heavy atom. The first-order valence-corrected chi connectivity index (χ1v) is 6.49. The van der Waals surface area contributed by atoms with Crippen LogP contribution in [0.5, 0.6) is 0 Å². The van der Waals surface area contributed by atoms with Gasteiger partial charge in [-0.25, -0.2) is 0 Å². The van der Waals surface area contributed by atoms with Crippen LogP contribution in [0.1, 0.15) is 32.4 Å². The van der Waals surface area contributed by atoms with E-state index in [-0.39, 0.29) is 11.5 Å². The third-order valence-corrected chi connectivity index (χ3v) is 3.39. The Balaban J connectivity index is 2.49. The maximum atomic E-state index is 10.7. The Bertz CT molecular complexity index is 555. The molecule has 0 aliphatic carbocycles. The van der Waals surface area contributed by atoms with Crippen LogP contribution in [0.2, 0.25) is 0 Å². The number of aliphatic hydroxyl groups excluding tert-OH is 1. The first-order chi connectivity index (χ1) is 8.95. The van der Waals surface area contributed by atoms with Crippen molar-refractivity contribution in [2.45, 2.75) is 33.0 Å². The summed E-state index contributed by atoms with van der Waals surface area (Å²) in [4.78, 5) is 4.32. The second kappa shape index (κ2) is 5.27. The summed E-state index contributed by atoms with van der Waals surface area (Å²) in [6, 6.07) is 9.67. The van der Waals surface area contributed by atoms with E-state index in [1.54, 1.807) is 13.3 Å². The molecule has 0 spiro atoms. The summed E-state index contributed by atoms with van der Waals surface area (Å²) in [5.74, 6) is 0. The number of ether oxygens (including phenoxy) is 1. The highest BCUT2D eigenvalue weighted by Gasteiger charge is 2.32. The molecule has 2 atom stereocenters. The van der Waals surface area contributed by atoms with E-state index in [9.17, 15) is 5.11 Å². The number of fused-ring (bicyclic) bond motifs is 1. The van der Waals surface area contributed by atoms with E-state index < -0.39 is 6.10 Å². The normalized spacial score (nSPS) is 15.4. The molecule has 19 heavy (non-hydrogen) atoms. The standard InChI is InChI=1S/C16H21NO2/c1-16(2,3)15(19-4)14(18)12-7-5-9-13-11(12)8-6-10-17-13/h5-10,14-15,18H,1-4H3. The average Bonchev–Trinajstić information content (AvgIpc) is 2.37. The molecule has 1 aromatic heterocycles. The van der Waals surface area contributed by atoms with Gasteiger partial charge in [0.15, 0.2) is 0 Å². The van der Waals surface area contributed by atoms with Gasteiger partial charge in [0.05, 0.1) is 11.6 Å². The van der Waals surface area contributed by atoms with Gasteiger partial charge in [-0.2, -0.15) is 0 Å². The molecule has 0 aliphatic rings. The molecular formula is C16H21NO2. The van der Waals surface area contributed by atoms with Crippen molar-refractivity contribution in [1.82, 2.24) is 4.98 Å². The Hall–Kier alpha value is -1.45. The van der Waals surface area contributed by atoms with Crippen LogP contribution in [0, 0.1) is 5.41 Å². The monoisotopic (exact) mass is 259 g/mol. The van der Waals surface area contributed by atoms with Crippen LogP contribution in [0.15, 0.2) is 36.5 Å². The summed E-state index contributed by atoms with van der Waals surface area (Å²) >= 11 is 0. The topological polar surface area (TPSA) is 42.4 Å². The van der Waals surface area contributed by atoms with Crippen LogP contribution in [0.25, 0.3) is 10.9 Å². The van der Waals surface area contributed by atoms with E-state index in [1.807, 2.05) is 30.3 Å². The molecule has 0 aliphatic heterocycles. The molecular weight excluding hydrogens is 238 g/mol. The second-order valence-electron chi connectivity index (χ2n) is 5.88. The van der Waals surface area contributed by atoms with Crippen molar-refractivity contribution >= 4 is 10.9 Å². The highest BCUT2D eigenvalue weighted by atomic mass is 16.5. The largest absolute Gasteiger partial charge is 0.386 e. The number of nitrogens with zero attached hydrogens (tertiary/aromatic N) is 1. The number of aliphatic hydroxyl groups is 1. The van der Waals surface area contributed by atoms with Gasteiger partial charge in [-0.3, -0.25) is 4.98 Å². The van der Waals surface area contributed by atoms with Gasteiger partial charge in [-0.15, -0.1) is 0 Å². The van der Waals surface area contributed by atoms with E-state index in [1.165, 1.54) is 0 Å². The molecule has 1 aromatic carbocycles. The maximum absolute atomic E-state index is 10.7. The maximum Gasteiger partial charge on any atom is 0.106 e. The van der Waals surface area contributed by atoms with Gasteiger partial charge in [0.25, 0.3) is 0 Å². The van der Waals surface area contributed by atoms with Gasteiger partial charge in [0.2, 0.25) is 0 Å². The summed E-state index contributed by atoms with van der Waals surface area (Å²) in [7, 11) is 1.64. The Kier molecular flexibility index (Phi) is 3.88. The smallest absolute Gasteiger partial charge is 0.106 e. The van der Waals surface area contributed by atoms with Crippen molar-refractivity contribution in [3.05, 3.63) is 42.1 Å². The number of methoxy groups -OCH3 is 1. The van der Waals surface area contributed by atoms with Crippen LogP contribution in [-0.2, 0) is 4.74 Å². The minimum Gasteiger partial charge on any atom is -0.386 e. The van der Waals surface area contributed by atoms with Crippen molar-refractivity contribution in [1.29, 1.82) is 0 Å². The van der Waals surface area contributed by atoms with Crippen LogP contribution in [0.3, 0.4) is 0 Å². The van der Waals surface area contributed by atoms with Gasteiger partial charge in [0, 0.05) is 18.7 Å². The molecule has 2 aromatic rings. The predicted molar refractivity (Wildman–Crippen MR) is 77.0 cm³/mol. The van der Waals surface area contributed by atoms with E-state index in [0.29, 0.717) is 0 Å². The van der Waals surface area contributed by atoms with E-state index in [4.69, 9.17) is 4.74 Å². The van der Waals surface area contributed by atoms with Crippen molar-refractivity contribution in [2.24, 2.45) is 5.41 Å². The summed E-state index contributed by atoms with van der Waals surface area (Å²) in [6.45, 7) is 6.19. The summed E-state index contributed by atoms with van der Waals surface area (Å²) < 4.78 is 5.51. The summed E-state index contributed by atoms with van der Waals surface area (Å²) in [5, 5.41) is 11.6. The first kappa shape index (κ1) is 14.0. The van der Waals surface area contributed by atoms with E-state index >= 15 is 0 Å². The highest BCUT2D eigenvalue weighted by Crippen LogP contribution is 2.34. The van der Waals surface area contributed by atoms with Crippen molar-refractivity contribution in [3.8, 4) is 0 Å². The lowest BCUT2D eigenvalue weighted by Gasteiger charge is -2.33. The van der Waals surface area contributed by atoms with Gasteiger partial charge in [-0.05, 0) is 23.1 Å². The van der Waals surface area contributed by atoms with Gasteiger partial charge >= 0.3 is 0 Å². The Labute approximate surface area is 114 Å². The molecule has 0 bridgehead atoms. The molecule has 0 radical (unpaired) electrons. The lowest BCUT2D eigenvalue weighted by atomic mass is 9.82. The minimum absolute atomic E-state index is 0.140. The quantitative estimate of drug-likeness (QED) is 0.919. The van der Waals surface area contributed by atoms with Crippen LogP contribution >= 0.6 is 0 Å². The molecule has 0 saturated carbocycles. The molecule has 102 valence electrons. The summed E-state index contributed by atoms with van der Waals surface area (Å²) in [5.41, 5.74) is 1.62. The Morgan fingerprint density at radius 1 is 1.16 bits per heavy atom. The summed E-state index contributed by atoms with van der Waals surface area (Å²) in [6.07, 6.45) is 0.826. The molecule has 1 N–H and O–H groups in total. The van der Waals surface area contributed by atoms with Gasteiger partial charge in [0.1, 0.15) is 6.10 Å². The molecule has 3 heteroatoms. The number of benzene rings is 1. The second-order valence-corrected chi connectivity index (χ2v) is 5.88. The van der Waals surface area contributed by atoms with Crippen LogP contribution in [-0.4, -0.2) is 23.3 Å². The molecule has 0 saturated heterocycles. The third kappa shape index (κ3) is 2.77. The van der Waals surface area contributed by atoms with Crippen molar-refractivity contribution in [2.75, 3.05) is 7.11 Å². The number of pyridine rings is 1. The van der Waals surface area contributed by atoms with Crippen molar-refractivity contribution in [3.63, 3.8) is 0 Å². The molecule has 0 fully saturated rings. The fraction of sp³-hybridized carbons (Fsp3) is 0.438. The molecule has 0 amide bonds. The van der Waals surface area contributed by atoms with Crippen molar-refractivity contribution < 1.29 is 9.84 Å². The fourth-order valence-corrected chi connectivity index (χ4v) is 2.50. The van der Waals surface area contributed by atoms with E-state index in [2.05, 4.69) is 25.8 Å². The van der Waals surface area contributed by atoms with Gasteiger partial charge in [-0.1, -0.05) is 39.0 Å². The third-order valence-electron chi connectivity index (χ3n) is 3.39. The molecule has 3 nitrogen and oxygen atoms in total. The van der Waals surface area contributed by atoms with Gasteiger partial charge < -0.3 is 9.84 Å². The minimum atomic E-state index is -0.669. The average molecular weight is 259 g/mol. The number of aromatic nitrogens is 1. The zero-order valence-corrected chi connectivity index (χ0v) is 11.9. The molecule has 1 heterocycles. The highest BCUT2D eigenvalue weighted by molar-refractivity contribution is 5.82. The zero-order valence-electron chi connectivity index (χ0n) is 11.9. The molecule has 2 unspecified atom stereocenters.